The first-order valence-electron chi connectivity index (χ1n) is 6.46. The molecule has 0 bridgehead atoms. The minimum absolute atomic E-state index is 0.881. The Morgan fingerprint density at radius 2 is 1.76 bits per heavy atom. The number of nitrogens with zero attached hydrogens (tertiary/aromatic N) is 1. The Hall–Kier alpha value is -1.11. The lowest BCUT2D eigenvalue weighted by molar-refractivity contribution is 0.985. The summed E-state index contributed by atoms with van der Waals surface area (Å²) in [4.78, 5) is 4.57. The molecule has 0 N–H and O–H groups in total. The van der Waals surface area contributed by atoms with Crippen molar-refractivity contribution in [3.05, 3.63) is 35.5 Å². The second kappa shape index (κ2) is 8.98. The van der Waals surface area contributed by atoms with E-state index in [2.05, 4.69) is 58.3 Å². The molecule has 0 aliphatic rings. The quantitative estimate of drug-likeness (QED) is 0.329. The summed E-state index contributed by atoms with van der Waals surface area (Å²) in [6, 6.07) is 0. The third-order valence-corrected chi connectivity index (χ3v) is 3.01. The molecule has 0 aromatic rings. The van der Waals surface area contributed by atoms with Crippen molar-refractivity contribution in [2.24, 2.45) is 4.99 Å². The van der Waals surface area contributed by atoms with Crippen molar-refractivity contribution < 1.29 is 0 Å². The van der Waals surface area contributed by atoms with Crippen molar-refractivity contribution in [2.75, 3.05) is 6.54 Å². The Kier molecular flexibility index (Phi) is 8.39. The maximum atomic E-state index is 4.57. The highest BCUT2D eigenvalue weighted by Crippen LogP contribution is 2.06. The first kappa shape index (κ1) is 15.9. The first-order chi connectivity index (χ1) is 7.99. The minimum atomic E-state index is 0.881. The smallest absolute Gasteiger partial charge is 0.0427 e. The lowest BCUT2D eigenvalue weighted by Crippen LogP contribution is -1.97. The second-order valence-corrected chi connectivity index (χ2v) is 4.66. The summed E-state index contributed by atoms with van der Waals surface area (Å²) >= 11 is 0. The van der Waals surface area contributed by atoms with Gasteiger partial charge in [0.05, 0.1) is 0 Å². The summed E-state index contributed by atoms with van der Waals surface area (Å²) < 4.78 is 0. The van der Waals surface area contributed by atoms with Crippen LogP contribution >= 0.6 is 0 Å². The standard InChI is InChI=1S/C16H27N/c1-7-14(4)11-9-8-10-12-17-16(6)15(5)13(2)3/h8-9H,4,7,10-12H2,1-3,5-6H3. The molecule has 0 rings (SSSR count). The van der Waals surface area contributed by atoms with Gasteiger partial charge in [0.25, 0.3) is 0 Å². The average Bonchev–Trinajstić information content (AvgIpc) is 2.31. The highest BCUT2D eigenvalue weighted by atomic mass is 14.7. The Labute approximate surface area is 107 Å². The molecule has 0 atom stereocenters. The summed E-state index contributed by atoms with van der Waals surface area (Å²) in [5.74, 6) is 0. The van der Waals surface area contributed by atoms with E-state index >= 15 is 0 Å². The Morgan fingerprint density at radius 3 is 2.29 bits per heavy atom. The maximum absolute atomic E-state index is 4.57. The Bertz CT molecular complexity index is 325. The van der Waals surface area contributed by atoms with Crippen molar-refractivity contribution in [1.29, 1.82) is 0 Å². The van der Waals surface area contributed by atoms with E-state index in [1.807, 2.05) is 0 Å². The molecule has 0 aliphatic heterocycles. The molecule has 17 heavy (non-hydrogen) atoms. The highest BCUT2D eigenvalue weighted by Gasteiger charge is 1.95. The van der Waals surface area contributed by atoms with Crippen molar-refractivity contribution in [3.8, 4) is 0 Å². The third-order valence-electron chi connectivity index (χ3n) is 3.01. The number of rotatable bonds is 7. The van der Waals surface area contributed by atoms with Crippen LogP contribution in [0, 0.1) is 0 Å². The molecule has 1 heteroatoms. The largest absolute Gasteiger partial charge is 0.289 e. The molecule has 0 saturated heterocycles. The lowest BCUT2D eigenvalue weighted by Gasteiger charge is -2.02. The zero-order chi connectivity index (χ0) is 13.3. The summed E-state index contributed by atoms with van der Waals surface area (Å²) in [5.41, 5.74) is 5.12. The predicted octanol–water partition coefficient (Wildman–Crippen LogP) is 5.11. The van der Waals surface area contributed by atoms with E-state index in [0.29, 0.717) is 0 Å². The average molecular weight is 233 g/mol. The van der Waals surface area contributed by atoms with E-state index in [0.717, 1.165) is 31.5 Å². The zero-order valence-electron chi connectivity index (χ0n) is 12.1. The molecule has 0 saturated carbocycles. The van der Waals surface area contributed by atoms with Gasteiger partial charge < -0.3 is 0 Å². The second-order valence-electron chi connectivity index (χ2n) is 4.66. The van der Waals surface area contributed by atoms with Gasteiger partial charge in [-0.25, -0.2) is 0 Å². The number of aliphatic imine (C=N–C) groups is 1. The zero-order valence-corrected chi connectivity index (χ0v) is 12.1. The van der Waals surface area contributed by atoms with Crippen LogP contribution < -0.4 is 0 Å². The lowest BCUT2D eigenvalue weighted by atomic mass is 10.1. The van der Waals surface area contributed by atoms with Crippen LogP contribution in [-0.2, 0) is 0 Å². The Balaban J connectivity index is 3.96. The first-order valence-corrected chi connectivity index (χ1v) is 6.46. The van der Waals surface area contributed by atoms with Crippen LogP contribution in [0.3, 0.4) is 0 Å². The number of allylic oxidation sites excluding steroid dienone is 4. The van der Waals surface area contributed by atoms with Gasteiger partial charge in [0.2, 0.25) is 0 Å². The van der Waals surface area contributed by atoms with Crippen molar-refractivity contribution in [3.63, 3.8) is 0 Å². The molecular formula is C16H27N. The Morgan fingerprint density at radius 1 is 1.12 bits per heavy atom. The fourth-order valence-corrected chi connectivity index (χ4v) is 1.30. The molecule has 96 valence electrons. The summed E-state index contributed by atoms with van der Waals surface area (Å²) in [5, 5.41) is 0. The molecule has 0 aromatic carbocycles. The molecule has 0 fully saturated rings. The van der Waals surface area contributed by atoms with Crippen LogP contribution in [0.1, 0.15) is 53.9 Å². The van der Waals surface area contributed by atoms with Crippen LogP contribution in [0.5, 0.6) is 0 Å². The van der Waals surface area contributed by atoms with Gasteiger partial charge in [-0.1, -0.05) is 36.8 Å². The van der Waals surface area contributed by atoms with Gasteiger partial charge in [-0.15, -0.1) is 0 Å². The van der Waals surface area contributed by atoms with Crippen LogP contribution in [0.15, 0.2) is 40.4 Å². The van der Waals surface area contributed by atoms with Crippen LogP contribution in [-0.4, -0.2) is 12.3 Å². The van der Waals surface area contributed by atoms with E-state index in [4.69, 9.17) is 0 Å². The molecule has 0 spiro atoms. The summed E-state index contributed by atoms with van der Waals surface area (Å²) in [6.45, 7) is 15.5. The van der Waals surface area contributed by atoms with Gasteiger partial charge in [0, 0.05) is 12.3 Å². The third kappa shape index (κ3) is 7.73. The van der Waals surface area contributed by atoms with Gasteiger partial charge in [-0.05, 0) is 52.5 Å². The van der Waals surface area contributed by atoms with Crippen LogP contribution in [0.4, 0.5) is 0 Å². The predicted molar refractivity (Wildman–Crippen MR) is 79.8 cm³/mol. The van der Waals surface area contributed by atoms with Crippen molar-refractivity contribution in [1.82, 2.24) is 0 Å². The summed E-state index contributed by atoms with van der Waals surface area (Å²) in [6.07, 6.45) is 7.50. The van der Waals surface area contributed by atoms with Gasteiger partial charge in [0.1, 0.15) is 0 Å². The van der Waals surface area contributed by atoms with E-state index in [9.17, 15) is 0 Å². The molecule has 0 unspecified atom stereocenters. The molecule has 1 nitrogen and oxygen atoms in total. The minimum Gasteiger partial charge on any atom is -0.289 e. The topological polar surface area (TPSA) is 12.4 Å². The van der Waals surface area contributed by atoms with Crippen LogP contribution in [0.2, 0.25) is 0 Å². The number of hydrogen-bond acceptors (Lipinski definition) is 1. The van der Waals surface area contributed by atoms with Crippen molar-refractivity contribution in [2.45, 2.75) is 53.9 Å². The van der Waals surface area contributed by atoms with E-state index in [1.165, 1.54) is 16.7 Å². The fraction of sp³-hybridized carbons (Fsp3) is 0.562. The van der Waals surface area contributed by atoms with Gasteiger partial charge in [0.15, 0.2) is 0 Å². The molecule has 0 radical (unpaired) electrons. The normalized spacial score (nSPS) is 11.9. The summed E-state index contributed by atoms with van der Waals surface area (Å²) in [7, 11) is 0. The van der Waals surface area contributed by atoms with Gasteiger partial charge in [-0.2, -0.15) is 0 Å². The van der Waals surface area contributed by atoms with E-state index < -0.39 is 0 Å². The van der Waals surface area contributed by atoms with Crippen LogP contribution in [0.25, 0.3) is 0 Å². The maximum Gasteiger partial charge on any atom is 0.0427 e. The molecule has 0 amide bonds. The van der Waals surface area contributed by atoms with E-state index in [-0.39, 0.29) is 0 Å². The SMILES string of the molecule is C=C(CC)CC=CCCN=C(C)C(C)=C(C)C. The highest BCUT2D eigenvalue weighted by molar-refractivity contribution is 5.98. The molecule has 0 heterocycles. The van der Waals surface area contributed by atoms with Gasteiger partial charge in [-0.3, -0.25) is 4.99 Å². The van der Waals surface area contributed by atoms with Crippen molar-refractivity contribution >= 4 is 5.71 Å². The monoisotopic (exact) mass is 233 g/mol. The molecule has 0 aliphatic carbocycles. The molecular weight excluding hydrogens is 206 g/mol. The number of hydrogen-bond donors (Lipinski definition) is 0. The fourth-order valence-electron chi connectivity index (χ4n) is 1.30. The van der Waals surface area contributed by atoms with Gasteiger partial charge >= 0.3 is 0 Å². The molecule has 0 aromatic heterocycles. The van der Waals surface area contributed by atoms with E-state index in [1.54, 1.807) is 0 Å².